The van der Waals surface area contributed by atoms with Crippen molar-refractivity contribution in [2.45, 2.75) is 32.1 Å². The first-order valence-corrected chi connectivity index (χ1v) is 8.71. The Labute approximate surface area is 128 Å². The van der Waals surface area contributed by atoms with Gasteiger partial charge in [-0.3, -0.25) is 0 Å². The Balaban J connectivity index is 3.24. The van der Waals surface area contributed by atoms with Gasteiger partial charge in [-0.05, 0) is 34.0 Å². The molecule has 0 bridgehead atoms. The molecule has 1 aromatic carbocycles. The minimum Gasteiger partial charge on any atom is -0.398 e. The summed E-state index contributed by atoms with van der Waals surface area (Å²) in [6.07, 6.45) is 0.858. The lowest BCUT2D eigenvalue weighted by Gasteiger charge is -2.24. The molecule has 0 radical (unpaired) electrons. The van der Waals surface area contributed by atoms with Gasteiger partial charge in [-0.15, -0.1) is 0 Å². The molecule has 0 aliphatic rings. The van der Waals surface area contributed by atoms with Crippen molar-refractivity contribution in [3.8, 4) is 0 Å². The molecular weight excluding hydrogens is 347 g/mol. The molecule has 1 rings (SSSR count). The zero-order valence-corrected chi connectivity index (χ0v) is 14.3. The van der Waals surface area contributed by atoms with Crippen LogP contribution >= 0.6 is 15.9 Å². The largest absolute Gasteiger partial charge is 0.398 e. The van der Waals surface area contributed by atoms with E-state index in [0.717, 1.165) is 18.6 Å². The summed E-state index contributed by atoms with van der Waals surface area (Å²) in [6.45, 7) is 6.35. The molecule has 2 N–H and O–H groups in total. The summed E-state index contributed by atoms with van der Waals surface area (Å²) in [5.41, 5.74) is 5.86. The van der Waals surface area contributed by atoms with Gasteiger partial charge in [-0.2, -0.15) is 4.31 Å². The first-order chi connectivity index (χ1) is 9.23. The Kier molecular flexibility index (Phi) is 5.97. The highest BCUT2D eigenvalue weighted by molar-refractivity contribution is 9.10. The zero-order valence-electron chi connectivity index (χ0n) is 11.9. The average molecular weight is 367 g/mol. The molecule has 0 fully saturated rings. The second-order valence-corrected chi connectivity index (χ2v) is 7.53. The van der Waals surface area contributed by atoms with Crippen LogP contribution in [0.3, 0.4) is 0 Å². The van der Waals surface area contributed by atoms with E-state index in [4.69, 9.17) is 5.73 Å². The fourth-order valence-corrected chi connectivity index (χ4v) is 3.72. The minimum absolute atomic E-state index is 0.199. The van der Waals surface area contributed by atoms with E-state index < -0.39 is 15.8 Å². The van der Waals surface area contributed by atoms with Gasteiger partial charge in [0.25, 0.3) is 0 Å². The second-order valence-electron chi connectivity index (χ2n) is 4.77. The molecule has 0 aromatic heterocycles. The maximum absolute atomic E-state index is 14.0. The van der Waals surface area contributed by atoms with Crippen molar-refractivity contribution in [1.29, 1.82) is 0 Å². The standard InChI is InChI=1S/C13H20BrFN2O2S/c1-4-9(3)8-17(5-2)20(18,19)13-7-12(16)10(14)6-11(13)15/h6-7,9H,4-5,8,16H2,1-3H3. The van der Waals surface area contributed by atoms with Gasteiger partial charge < -0.3 is 5.73 Å². The Hall–Kier alpha value is -0.660. The summed E-state index contributed by atoms with van der Waals surface area (Å²) >= 11 is 3.08. The quantitative estimate of drug-likeness (QED) is 0.786. The van der Waals surface area contributed by atoms with E-state index in [-0.39, 0.29) is 16.5 Å². The summed E-state index contributed by atoms with van der Waals surface area (Å²) in [5, 5.41) is 0. The highest BCUT2D eigenvalue weighted by Gasteiger charge is 2.28. The smallest absolute Gasteiger partial charge is 0.246 e. The van der Waals surface area contributed by atoms with E-state index in [9.17, 15) is 12.8 Å². The van der Waals surface area contributed by atoms with E-state index in [0.29, 0.717) is 17.6 Å². The lowest BCUT2D eigenvalue weighted by Crippen LogP contribution is -2.35. The van der Waals surface area contributed by atoms with Crippen LogP contribution in [0.25, 0.3) is 0 Å². The third kappa shape index (κ3) is 3.71. The highest BCUT2D eigenvalue weighted by atomic mass is 79.9. The van der Waals surface area contributed by atoms with Crippen LogP contribution in [0, 0.1) is 11.7 Å². The minimum atomic E-state index is -3.87. The van der Waals surface area contributed by atoms with Crippen LogP contribution in [0.5, 0.6) is 0 Å². The molecule has 114 valence electrons. The Morgan fingerprint density at radius 3 is 2.50 bits per heavy atom. The van der Waals surface area contributed by atoms with Crippen LogP contribution in [0.15, 0.2) is 21.5 Å². The zero-order chi connectivity index (χ0) is 15.5. The number of rotatable bonds is 6. The number of nitrogens with zero attached hydrogens (tertiary/aromatic N) is 1. The molecule has 0 aliphatic carbocycles. The van der Waals surface area contributed by atoms with Crippen molar-refractivity contribution in [3.05, 3.63) is 22.4 Å². The van der Waals surface area contributed by atoms with Gasteiger partial charge in [0.05, 0.1) is 0 Å². The van der Waals surface area contributed by atoms with Crippen molar-refractivity contribution < 1.29 is 12.8 Å². The Morgan fingerprint density at radius 1 is 1.40 bits per heavy atom. The van der Waals surface area contributed by atoms with Crippen LogP contribution in [0.2, 0.25) is 0 Å². The van der Waals surface area contributed by atoms with E-state index in [2.05, 4.69) is 15.9 Å². The summed E-state index contributed by atoms with van der Waals surface area (Å²) < 4.78 is 40.6. The average Bonchev–Trinajstić information content (AvgIpc) is 2.39. The third-order valence-electron chi connectivity index (χ3n) is 3.23. The van der Waals surface area contributed by atoms with E-state index in [1.807, 2.05) is 13.8 Å². The van der Waals surface area contributed by atoms with Crippen molar-refractivity contribution in [2.24, 2.45) is 5.92 Å². The molecule has 0 amide bonds. The summed E-state index contributed by atoms with van der Waals surface area (Å²) in [4.78, 5) is -0.372. The normalized spacial score (nSPS) is 13.7. The fraction of sp³-hybridized carbons (Fsp3) is 0.538. The summed E-state index contributed by atoms with van der Waals surface area (Å²) in [6, 6.07) is 2.24. The molecule has 0 saturated carbocycles. The number of hydrogen-bond donors (Lipinski definition) is 1. The lowest BCUT2D eigenvalue weighted by molar-refractivity contribution is 0.360. The third-order valence-corrected chi connectivity index (χ3v) is 5.88. The molecule has 0 spiro atoms. The number of nitrogens with two attached hydrogens (primary N) is 1. The number of hydrogen-bond acceptors (Lipinski definition) is 3. The molecule has 1 atom stereocenters. The number of benzene rings is 1. The van der Waals surface area contributed by atoms with Gasteiger partial charge in [-0.25, -0.2) is 12.8 Å². The predicted molar refractivity (Wildman–Crippen MR) is 82.4 cm³/mol. The molecule has 0 heterocycles. The van der Waals surface area contributed by atoms with Gasteiger partial charge >= 0.3 is 0 Å². The van der Waals surface area contributed by atoms with Gasteiger partial charge in [-0.1, -0.05) is 27.2 Å². The van der Waals surface area contributed by atoms with Crippen LogP contribution in [-0.2, 0) is 10.0 Å². The SMILES string of the molecule is CCC(C)CN(CC)S(=O)(=O)c1cc(N)c(Br)cc1F. The van der Waals surface area contributed by atoms with Crippen LogP contribution < -0.4 is 5.73 Å². The van der Waals surface area contributed by atoms with E-state index in [1.54, 1.807) is 6.92 Å². The Morgan fingerprint density at radius 2 is 2.00 bits per heavy atom. The summed E-state index contributed by atoms with van der Waals surface area (Å²) in [5.74, 6) is -0.589. The lowest BCUT2D eigenvalue weighted by atomic mass is 10.1. The summed E-state index contributed by atoms with van der Waals surface area (Å²) in [7, 11) is -3.87. The molecule has 1 unspecified atom stereocenters. The highest BCUT2D eigenvalue weighted by Crippen LogP contribution is 2.28. The number of anilines is 1. The molecule has 0 aliphatic heterocycles. The second kappa shape index (κ2) is 6.87. The maximum atomic E-state index is 14.0. The Bertz CT molecular complexity index is 578. The number of sulfonamides is 1. The molecule has 7 heteroatoms. The molecular formula is C13H20BrFN2O2S. The van der Waals surface area contributed by atoms with Crippen LogP contribution in [-0.4, -0.2) is 25.8 Å². The van der Waals surface area contributed by atoms with Crippen molar-refractivity contribution in [2.75, 3.05) is 18.8 Å². The first-order valence-electron chi connectivity index (χ1n) is 6.48. The van der Waals surface area contributed by atoms with Gasteiger partial charge in [0, 0.05) is 23.2 Å². The van der Waals surface area contributed by atoms with Crippen LogP contribution in [0.1, 0.15) is 27.2 Å². The van der Waals surface area contributed by atoms with E-state index >= 15 is 0 Å². The topological polar surface area (TPSA) is 63.4 Å². The van der Waals surface area contributed by atoms with Gasteiger partial charge in [0.2, 0.25) is 10.0 Å². The molecule has 20 heavy (non-hydrogen) atoms. The number of halogens is 2. The fourth-order valence-electron chi connectivity index (χ4n) is 1.76. The van der Waals surface area contributed by atoms with Gasteiger partial charge in [0.15, 0.2) is 0 Å². The van der Waals surface area contributed by atoms with Crippen LogP contribution in [0.4, 0.5) is 10.1 Å². The van der Waals surface area contributed by atoms with Crippen molar-refractivity contribution in [1.82, 2.24) is 4.31 Å². The van der Waals surface area contributed by atoms with Crippen molar-refractivity contribution >= 4 is 31.6 Å². The maximum Gasteiger partial charge on any atom is 0.246 e. The van der Waals surface area contributed by atoms with Crippen molar-refractivity contribution in [3.63, 3.8) is 0 Å². The monoisotopic (exact) mass is 366 g/mol. The van der Waals surface area contributed by atoms with Gasteiger partial charge in [0.1, 0.15) is 10.7 Å². The molecule has 4 nitrogen and oxygen atoms in total. The first kappa shape index (κ1) is 17.4. The predicted octanol–water partition coefficient (Wildman–Crippen LogP) is 3.23. The van der Waals surface area contributed by atoms with E-state index in [1.165, 1.54) is 4.31 Å². The molecule has 0 saturated heterocycles. The molecule has 1 aromatic rings. The number of nitrogen functional groups attached to an aromatic ring is 1.